The molecule has 2 amide bonds. The van der Waals surface area contributed by atoms with Crippen molar-refractivity contribution in [2.45, 2.75) is 25.9 Å². The van der Waals surface area contributed by atoms with Crippen molar-refractivity contribution in [2.24, 2.45) is 0 Å². The van der Waals surface area contributed by atoms with E-state index in [1.54, 1.807) is 13.1 Å². The first-order valence-electron chi connectivity index (χ1n) is 8.51. The van der Waals surface area contributed by atoms with E-state index < -0.39 is 11.8 Å². The molecule has 2 heterocycles. The highest BCUT2D eigenvalue weighted by Crippen LogP contribution is 2.28. The number of rotatable bonds is 4. The minimum Gasteiger partial charge on any atom is -0.488 e. The summed E-state index contributed by atoms with van der Waals surface area (Å²) < 4.78 is 19.6. The number of carbonyl (C=O) groups is 1. The van der Waals surface area contributed by atoms with Crippen LogP contribution in [-0.4, -0.2) is 47.1 Å². The van der Waals surface area contributed by atoms with Crippen LogP contribution in [0, 0.1) is 12.7 Å². The van der Waals surface area contributed by atoms with Crippen molar-refractivity contribution in [3.8, 4) is 5.75 Å². The molecular weight excluding hydrogens is 337 g/mol. The maximum absolute atomic E-state index is 13.6. The van der Waals surface area contributed by atoms with Crippen LogP contribution in [0.25, 0.3) is 0 Å². The lowest BCUT2D eigenvalue weighted by Gasteiger charge is -2.29. The average molecular weight is 359 g/mol. The zero-order chi connectivity index (χ0) is 18.5. The third-order valence-electron chi connectivity index (χ3n) is 4.17. The van der Waals surface area contributed by atoms with Gasteiger partial charge in [0.1, 0.15) is 17.7 Å². The van der Waals surface area contributed by atoms with Crippen LogP contribution in [0.4, 0.5) is 20.7 Å². The summed E-state index contributed by atoms with van der Waals surface area (Å²) in [5, 5.41) is 5.18. The van der Waals surface area contributed by atoms with E-state index in [2.05, 4.69) is 32.5 Å². The number of urea groups is 1. The standard InChI is InChI=1S/C18H22FN5O2/c1-12-10-21-17(11-20-12)23-18(25)22-15-9-13(19)3-4-16(15)26-14-5-7-24(2)8-6-14/h3-4,9-11,14H,5-8H2,1-2H3,(H2,21,22,23,25). The van der Waals surface area contributed by atoms with Gasteiger partial charge in [-0.15, -0.1) is 0 Å². The number of hydrogen-bond donors (Lipinski definition) is 2. The Morgan fingerprint density at radius 1 is 1.23 bits per heavy atom. The van der Waals surface area contributed by atoms with Crippen molar-refractivity contribution in [1.29, 1.82) is 0 Å². The van der Waals surface area contributed by atoms with Crippen LogP contribution < -0.4 is 15.4 Å². The highest BCUT2D eigenvalue weighted by molar-refractivity contribution is 6.00. The first-order valence-corrected chi connectivity index (χ1v) is 8.51. The molecule has 1 aliphatic rings. The van der Waals surface area contributed by atoms with E-state index in [1.807, 2.05) is 0 Å². The zero-order valence-electron chi connectivity index (χ0n) is 14.8. The number of ether oxygens (including phenoxy) is 1. The second-order valence-corrected chi connectivity index (χ2v) is 6.38. The molecule has 0 bridgehead atoms. The molecule has 7 nitrogen and oxygen atoms in total. The van der Waals surface area contributed by atoms with Crippen LogP contribution in [0.15, 0.2) is 30.6 Å². The lowest BCUT2D eigenvalue weighted by Crippen LogP contribution is -2.35. The van der Waals surface area contributed by atoms with Crippen molar-refractivity contribution in [3.05, 3.63) is 42.1 Å². The van der Waals surface area contributed by atoms with Crippen molar-refractivity contribution in [2.75, 3.05) is 30.8 Å². The van der Waals surface area contributed by atoms with E-state index in [-0.39, 0.29) is 11.8 Å². The highest BCUT2D eigenvalue weighted by atomic mass is 19.1. The molecule has 1 aromatic carbocycles. The van der Waals surface area contributed by atoms with Gasteiger partial charge in [0.2, 0.25) is 0 Å². The Labute approximate surface area is 151 Å². The van der Waals surface area contributed by atoms with Gasteiger partial charge in [-0.3, -0.25) is 10.3 Å². The molecule has 0 unspecified atom stereocenters. The number of likely N-dealkylation sites (tertiary alicyclic amines) is 1. The van der Waals surface area contributed by atoms with Gasteiger partial charge in [0.15, 0.2) is 5.82 Å². The van der Waals surface area contributed by atoms with E-state index >= 15 is 0 Å². The number of halogens is 1. The first kappa shape index (κ1) is 18.1. The molecule has 1 aromatic heterocycles. The molecule has 26 heavy (non-hydrogen) atoms. The predicted octanol–water partition coefficient (Wildman–Crippen LogP) is 3.04. The summed E-state index contributed by atoms with van der Waals surface area (Å²) in [6.45, 7) is 3.69. The van der Waals surface area contributed by atoms with Gasteiger partial charge in [-0.1, -0.05) is 0 Å². The Kier molecular flexibility index (Phi) is 5.62. The van der Waals surface area contributed by atoms with E-state index in [9.17, 15) is 9.18 Å². The van der Waals surface area contributed by atoms with E-state index in [1.165, 1.54) is 24.4 Å². The number of hydrogen-bond acceptors (Lipinski definition) is 5. The molecule has 8 heteroatoms. The molecule has 3 rings (SSSR count). The monoisotopic (exact) mass is 359 g/mol. The van der Waals surface area contributed by atoms with Gasteiger partial charge in [-0.25, -0.2) is 14.2 Å². The van der Waals surface area contributed by atoms with Gasteiger partial charge in [0.25, 0.3) is 0 Å². The van der Waals surface area contributed by atoms with Crippen molar-refractivity contribution >= 4 is 17.5 Å². The maximum Gasteiger partial charge on any atom is 0.325 e. The molecule has 0 spiro atoms. The largest absolute Gasteiger partial charge is 0.488 e. The number of benzene rings is 1. The summed E-state index contributed by atoms with van der Waals surface area (Å²) >= 11 is 0. The van der Waals surface area contributed by atoms with E-state index in [0.29, 0.717) is 11.6 Å². The van der Waals surface area contributed by atoms with Gasteiger partial charge in [0.05, 0.1) is 23.8 Å². The van der Waals surface area contributed by atoms with Gasteiger partial charge in [-0.2, -0.15) is 0 Å². The van der Waals surface area contributed by atoms with Crippen LogP contribution in [0.2, 0.25) is 0 Å². The van der Waals surface area contributed by atoms with Crippen molar-refractivity contribution in [1.82, 2.24) is 14.9 Å². The minimum absolute atomic E-state index is 0.0447. The summed E-state index contributed by atoms with van der Waals surface area (Å²) in [5.74, 6) is 0.305. The molecule has 2 aromatic rings. The maximum atomic E-state index is 13.6. The molecule has 0 saturated carbocycles. The number of anilines is 2. The number of aryl methyl sites for hydroxylation is 1. The second kappa shape index (κ2) is 8.09. The highest BCUT2D eigenvalue weighted by Gasteiger charge is 2.20. The Balaban J connectivity index is 1.67. The minimum atomic E-state index is -0.540. The first-order chi connectivity index (χ1) is 12.5. The van der Waals surface area contributed by atoms with Crippen molar-refractivity contribution in [3.63, 3.8) is 0 Å². The summed E-state index contributed by atoms with van der Waals surface area (Å²) in [5.41, 5.74) is 1.02. The van der Waals surface area contributed by atoms with Gasteiger partial charge in [-0.05, 0) is 38.9 Å². The molecule has 0 atom stereocenters. The number of nitrogens with one attached hydrogen (secondary N) is 2. The number of nitrogens with zero attached hydrogens (tertiary/aromatic N) is 3. The quantitative estimate of drug-likeness (QED) is 0.877. The third kappa shape index (κ3) is 4.89. The van der Waals surface area contributed by atoms with Crippen LogP contribution in [0.1, 0.15) is 18.5 Å². The molecule has 1 saturated heterocycles. The SMILES string of the molecule is Cc1cnc(NC(=O)Nc2cc(F)ccc2OC2CCN(C)CC2)cn1. The molecule has 1 fully saturated rings. The van der Waals surface area contributed by atoms with E-state index in [0.717, 1.165) is 31.6 Å². The molecule has 1 aliphatic heterocycles. The lowest BCUT2D eigenvalue weighted by molar-refractivity contribution is 0.115. The Hall–Kier alpha value is -2.74. The fourth-order valence-electron chi connectivity index (χ4n) is 2.71. The Bertz CT molecular complexity index is 761. The van der Waals surface area contributed by atoms with Gasteiger partial charge < -0.3 is 15.0 Å². The lowest BCUT2D eigenvalue weighted by atomic mass is 10.1. The number of piperidine rings is 1. The van der Waals surface area contributed by atoms with Crippen LogP contribution >= 0.6 is 0 Å². The molecule has 0 aliphatic carbocycles. The molecular formula is C18H22FN5O2. The summed E-state index contributed by atoms with van der Waals surface area (Å²) in [4.78, 5) is 22.5. The number of carbonyl (C=O) groups excluding carboxylic acids is 1. The summed E-state index contributed by atoms with van der Waals surface area (Å²) in [6.07, 6.45) is 4.82. The van der Waals surface area contributed by atoms with Crippen LogP contribution in [0.3, 0.4) is 0 Å². The van der Waals surface area contributed by atoms with Crippen LogP contribution in [-0.2, 0) is 0 Å². The molecule has 0 radical (unpaired) electrons. The van der Waals surface area contributed by atoms with Crippen molar-refractivity contribution < 1.29 is 13.9 Å². The molecule has 2 N–H and O–H groups in total. The Morgan fingerprint density at radius 3 is 2.69 bits per heavy atom. The zero-order valence-corrected chi connectivity index (χ0v) is 14.8. The van der Waals surface area contributed by atoms with E-state index in [4.69, 9.17) is 4.74 Å². The fraction of sp³-hybridized carbons (Fsp3) is 0.389. The average Bonchev–Trinajstić information content (AvgIpc) is 2.61. The number of amides is 2. The Morgan fingerprint density at radius 2 is 2.00 bits per heavy atom. The second-order valence-electron chi connectivity index (χ2n) is 6.38. The molecule has 138 valence electrons. The van der Waals surface area contributed by atoms with Gasteiger partial charge in [0, 0.05) is 19.2 Å². The van der Waals surface area contributed by atoms with Gasteiger partial charge >= 0.3 is 6.03 Å². The number of aromatic nitrogens is 2. The summed E-state index contributed by atoms with van der Waals surface area (Å²) in [7, 11) is 2.07. The topological polar surface area (TPSA) is 79.4 Å². The smallest absolute Gasteiger partial charge is 0.325 e. The fourth-order valence-corrected chi connectivity index (χ4v) is 2.71. The van der Waals surface area contributed by atoms with Crippen LogP contribution in [0.5, 0.6) is 5.75 Å². The predicted molar refractivity (Wildman–Crippen MR) is 97.0 cm³/mol. The third-order valence-corrected chi connectivity index (χ3v) is 4.17. The normalized spacial score (nSPS) is 15.5. The summed E-state index contributed by atoms with van der Waals surface area (Å²) in [6, 6.07) is 3.56.